The molecule has 0 unspecified atom stereocenters. The Labute approximate surface area is 320 Å². The highest BCUT2D eigenvalue weighted by Crippen LogP contribution is 2.40. The maximum absolute atomic E-state index is 13.4. The van der Waals surface area contributed by atoms with Gasteiger partial charge in [0.05, 0.1) is 23.9 Å². The van der Waals surface area contributed by atoms with Crippen LogP contribution in [0.3, 0.4) is 0 Å². The number of carbonyl (C=O) groups is 2. The minimum Gasteiger partial charge on any atom is -0.496 e. The highest BCUT2D eigenvalue weighted by molar-refractivity contribution is 6.80. The normalized spacial score (nSPS) is 15.7. The second kappa shape index (κ2) is 16.4. The molecule has 281 valence electrons. The molecule has 1 amide bonds. The van der Waals surface area contributed by atoms with E-state index in [2.05, 4.69) is 74.6 Å². The van der Waals surface area contributed by atoms with E-state index in [0.717, 1.165) is 24.1 Å². The SMILES string of the molecule is COc1cc(OCC(=O)Nc2cc(C3CC(O[Si](c4ccccc4)c4ccc(C(C)(C)C)cc4)C3)nn2C(C)(C)C)c(C=O)c(OCc2ccccc2)c1. The number of hydrogen-bond acceptors (Lipinski definition) is 7. The lowest BCUT2D eigenvalue weighted by Crippen LogP contribution is -2.49. The van der Waals surface area contributed by atoms with Gasteiger partial charge in [-0.15, -0.1) is 0 Å². The molecule has 0 spiro atoms. The van der Waals surface area contributed by atoms with Crippen molar-refractivity contribution in [2.75, 3.05) is 19.0 Å². The van der Waals surface area contributed by atoms with Crippen LogP contribution < -0.4 is 29.9 Å². The molecular formula is C44H50N3O6Si. The molecule has 0 saturated heterocycles. The minimum atomic E-state index is -1.46. The second-order valence-corrected chi connectivity index (χ2v) is 17.8. The number of carbonyl (C=O) groups excluding carboxylic acids is 2. The fourth-order valence-corrected chi connectivity index (χ4v) is 8.49. The molecule has 6 rings (SSSR count). The van der Waals surface area contributed by atoms with Crippen LogP contribution in [-0.4, -0.2) is 50.8 Å². The number of anilines is 1. The smallest absolute Gasteiger partial charge is 0.283 e. The third-order valence-electron chi connectivity index (χ3n) is 9.50. The van der Waals surface area contributed by atoms with Gasteiger partial charge < -0.3 is 24.0 Å². The van der Waals surface area contributed by atoms with Gasteiger partial charge in [0.1, 0.15) is 29.7 Å². The summed E-state index contributed by atoms with van der Waals surface area (Å²) in [7, 11) is 0.0592. The number of rotatable bonds is 14. The number of ether oxygens (including phenoxy) is 3. The Morgan fingerprint density at radius 2 is 1.46 bits per heavy atom. The standard InChI is InChI=1S/C44H50N3O6Si/c1-43(2,3)32-18-20-36(21-19-32)54(35-16-12-9-13-17-35)53-34-22-31(23-34)38-26-41(47(46-38)44(4,5)6)45-42(49)29-52-40-25-33(50-7)24-39(37(40)27-48)51-28-30-14-10-8-11-15-30/h8-21,24-27,31,34H,22-23,28-29H2,1-7H3,(H,45,49). The molecule has 1 N–H and O–H groups in total. The summed E-state index contributed by atoms with van der Waals surface area (Å²) in [6.45, 7) is 12.7. The van der Waals surface area contributed by atoms with Gasteiger partial charge in [0, 0.05) is 30.2 Å². The Morgan fingerprint density at radius 1 is 0.852 bits per heavy atom. The molecule has 1 saturated carbocycles. The summed E-state index contributed by atoms with van der Waals surface area (Å²) >= 11 is 0. The summed E-state index contributed by atoms with van der Waals surface area (Å²) < 4.78 is 26.1. The highest BCUT2D eigenvalue weighted by Gasteiger charge is 2.37. The van der Waals surface area contributed by atoms with E-state index in [0.29, 0.717) is 23.6 Å². The molecule has 1 fully saturated rings. The molecule has 1 aromatic heterocycles. The van der Waals surface area contributed by atoms with Gasteiger partial charge in [-0.1, -0.05) is 106 Å². The molecule has 1 heterocycles. The predicted octanol–water partition coefficient (Wildman–Crippen LogP) is 7.42. The van der Waals surface area contributed by atoms with Gasteiger partial charge in [-0.05, 0) is 60.5 Å². The zero-order valence-corrected chi connectivity index (χ0v) is 33.2. The van der Waals surface area contributed by atoms with Crippen LogP contribution in [0.1, 0.15) is 87.5 Å². The van der Waals surface area contributed by atoms with Gasteiger partial charge >= 0.3 is 0 Å². The molecule has 1 aliphatic carbocycles. The van der Waals surface area contributed by atoms with E-state index in [1.54, 1.807) is 12.1 Å². The number of nitrogens with one attached hydrogen (secondary N) is 1. The molecule has 54 heavy (non-hydrogen) atoms. The fraction of sp³-hybridized carbons (Fsp3) is 0.341. The van der Waals surface area contributed by atoms with Crippen LogP contribution in [0.2, 0.25) is 0 Å². The zero-order chi connectivity index (χ0) is 38.5. The third-order valence-corrected chi connectivity index (χ3v) is 11.8. The quantitative estimate of drug-likeness (QED) is 0.0934. The first-order valence-corrected chi connectivity index (χ1v) is 19.8. The van der Waals surface area contributed by atoms with Gasteiger partial charge in [0.2, 0.25) is 0 Å². The predicted molar refractivity (Wildman–Crippen MR) is 214 cm³/mol. The minimum absolute atomic E-state index is 0.0835. The molecule has 1 radical (unpaired) electrons. The van der Waals surface area contributed by atoms with E-state index in [1.807, 2.05) is 67.9 Å². The number of methoxy groups -OCH3 is 1. The largest absolute Gasteiger partial charge is 0.496 e. The molecule has 0 bridgehead atoms. The molecule has 10 heteroatoms. The van der Waals surface area contributed by atoms with Gasteiger partial charge in [-0.3, -0.25) is 9.59 Å². The fourth-order valence-electron chi connectivity index (χ4n) is 6.39. The first kappa shape index (κ1) is 38.5. The summed E-state index contributed by atoms with van der Waals surface area (Å²) in [5.74, 6) is 1.33. The molecule has 1 aliphatic rings. The van der Waals surface area contributed by atoms with Gasteiger partial charge in [-0.2, -0.15) is 5.10 Å². The number of amides is 1. The van der Waals surface area contributed by atoms with Crippen molar-refractivity contribution in [1.82, 2.24) is 9.78 Å². The Morgan fingerprint density at radius 3 is 2.06 bits per heavy atom. The Balaban J connectivity index is 1.12. The van der Waals surface area contributed by atoms with Crippen LogP contribution in [0, 0.1) is 0 Å². The van der Waals surface area contributed by atoms with E-state index >= 15 is 0 Å². The van der Waals surface area contributed by atoms with Gasteiger partial charge in [0.25, 0.3) is 14.9 Å². The van der Waals surface area contributed by atoms with Crippen LogP contribution in [0.25, 0.3) is 0 Å². The first-order chi connectivity index (χ1) is 25.8. The number of aromatic nitrogens is 2. The molecule has 0 atom stereocenters. The van der Waals surface area contributed by atoms with Crippen LogP contribution in [0.4, 0.5) is 5.82 Å². The lowest BCUT2D eigenvalue weighted by atomic mass is 9.80. The Kier molecular flexibility index (Phi) is 11.7. The molecule has 5 aromatic rings. The maximum Gasteiger partial charge on any atom is 0.283 e. The molecular weight excluding hydrogens is 695 g/mol. The van der Waals surface area contributed by atoms with Crippen LogP contribution >= 0.6 is 0 Å². The second-order valence-electron chi connectivity index (χ2n) is 15.7. The van der Waals surface area contributed by atoms with Crippen molar-refractivity contribution in [3.63, 3.8) is 0 Å². The van der Waals surface area contributed by atoms with Crippen molar-refractivity contribution in [2.24, 2.45) is 0 Å². The average Bonchev–Trinajstić information content (AvgIpc) is 3.56. The van der Waals surface area contributed by atoms with Crippen molar-refractivity contribution < 1.29 is 28.2 Å². The Hall–Kier alpha value is -5.19. The third kappa shape index (κ3) is 9.29. The van der Waals surface area contributed by atoms with Crippen LogP contribution in [-0.2, 0) is 26.8 Å². The zero-order valence-electron chi connectivity index (χ0n) is 32.2. The summed E-state index contributed by atoms with van der Waals surface area (Å²) in [6, 6.07) is 34.2. The molecule has 4 aromatic carbocycles. The van der Waals surface area contributed by atoms with Crippen LogP contribution in [0.15, 0.2) is 103 Å². The van der Waals surface area contributed by atoms with E-state index in [9.17, 15) is 9.59 Å². The summed E-state index contributed by atoms with van der Waals surface area (Å²) in [6.07, 6.45) is 2.46. The van der Waals surface area contributed by atoms with Crippen molar-refractivity contribution >= 4 is 37.4 Å². The van der Waals surface area contributed by atoms with Crippen molar-refractivity contribution in [2.45, 2.75) is 84.0 Å². The van der Waals surface area contributed by atoms with E-state index in [4.69, 9.17) is 23.7 Å². The molecule has 0 aliphatic heterocycles. The topological polar surface area (TPSA) is 101 Å². The Bertz CT molecular complexity index is 2030. The average molecular weight is 745 g/mol. The van der Waals surface area contributed by atoms with Crippen LogP contribution in [0.5, 0.6) is 17.2 Å². The molecule has 9 nitrogen and oxygen atoms in total. The van der Waals surface area contributed by atoms with Gasteiger partial charge in [0.15, 0.2) is 12.9 Å². The maximum atomic E-state index is 13.4. The van der Waals surface area contributed by atoms with E-state index < -0.39 is 14.6 Å². The van der Waals surface area contributed by atoms with Gasteiger partial charge in [-0.25, -0.2) is 4.68 Å². The van der Waals surface area contributed by atoms with Crippen molar-refractivity contribution in [3.05, 3.63) is 126 Å². The van der Waals surface area contributed by atoms with E-state index in [-0.39, 0.29) is 47.9 Å². The number of aldehydes is 1. The number of nitrogens with zero attached hydrogens (tertiary/aromatic N) is 2. The number of benzene rings is 4. The monoisotopic (exact) mass is 744 g/mol. The lowest BCUT2D eigenvalue weighted by Gasteiger charge is -2.36. The number of hydrogen-bond donors (Lipinski definition) is 1. The summed E-state index contributed by atoms with van der Waals surface area (Å²) in [5, 5.41) is 10.4. The van der Waals surface area contributed by atoms with Crippen molar-refractivity contribution in [1.29, 1.82) is 0 Å². The van der Waals surface area contributed by atoms with E-state index in [1.165, 1.54) is 23.0 Å². The highest BCUT2D eigenvalue weighted by atomic mass is 28.3. The van der Waals surface area contributed by atoms with Crippen molar-refractivity contribution in [3.8, 4) is 17.2 Å². The lowest BCUT2D eigenvalue weighted by molar-refractivity contribution is -0.118. The summed E-state index contributed by atoms with van der Waals surface area (Å²) in [5.41, 5.74) is 3.05. The first-order valence-electron chi connectivity index (χ1n) is 18.4. The summed E-state index contributed by atoms with van der Waals surface area (Å²) in [4.78, 5) is 25.6.